The first-order chi connectivity index (χ1) is 8.93. The van der Waals surface area contributed by atoms with Crippen molar-refractivity contribution in [3.8, 4) is 0 Å². The topological polar surface area (TPSA) is 92.5 Å². The average Bonchev–Trinajstić information content (AvgIpc) is 2.72. The number of hydrogen-bond acceptors (Lipinski definition) is 5. The predicted octanol–water partition coefficient (Wildman–Crippen LogP) is 2.17. The smallest absolute Gasteiger partial charge is 0.368 e. The monoisotopic (exact) mass is 274 g/mol. The maximum atomic E-state index is 12.7. The van der Waals surface area contributed by atoms with E-state index >= 15 is 0 Å². The van der Waals surface area contributed by atoms with Gasteiger partial charge in [0.25, 0.3) is 0 Å². The van der Waals surface area contributed by atoms with Gasteiger partial charge in [0.15, 0.2) is 17.0 Å². The highest BCUT2D eigenvalue weighted by Crippen LogP contribution is 2.33. The quantitative estimate of drug-likeness (QED) is 0.743. The molecule has 0 amide bonds. The molecule has 9 heteroatoms. The van der Waals surface area contributed by atoms with Crippen molar-refractivity contribution in [2.75, 3.05) is 17.6 Å². The number of anilines is 2. The standard InChI is InChI=1S/C10H13F3N6/c1-2-3-4-15-8-6-5(16-9(14)17-8)7(19-18-6)10(11,12)13/h2-4H2,1H3,(H,18,19)(H3,14,15,16,17). The van der Waals surface area contributed by atoms with Crippen LogP contribution in [0.3, 0.4) is 0 Å². The minimum absolute atomic E-state index is 0.0395. The van der Waals surface area contributed by atoms with E-state index in [0.717, 1.165) is 12.8 Å². The number of alkyl halides is 3. The fourth-order valence-electron chi connectivity index (χ4n) is 1.62. The van der Waals surface area contributed by atoms with Gasteiger partial charge in [-0.1, -0.05) is 13.3 Å². The zero-order valence-corrected chi connectivity index (χ0v) is 10.2. The molecule has 0 atom stereocenters. The summed E-state index contributed by atoms with van der Waals surface area (Å²) in [6.45, 7) is 2.58. The van der Waals surface area contributed by atoms with Crippen LogP contribution >= 0.6 is 0 Å². The van der Waals surface area contributed by atoms with E-state index in [0.29, 0.717) is 6.54 Å². The highest BCUT2D eigenvalue weighted by molar-refractivity contribution is 5.88. The molecular formula is C10H13F3N6. The molecule has 2 rings (SSSR count). The number of nitrogens with one attached hydrogen (secondary N) is 2. The van der Waals surface area contributed by atoms with Crippen LogP contribution in [0.2, 0.25) is 0 Å². The number of fused-ring (bicyclic) bond motifs is 1. The van der Waals surface area contributed by atoms with Crippen LogP contribution in [0.4, 0.5) is 24.9 Å². The van der Waals surface area contributed by atoms with E-state index in [1.54, 1.807) is 0 Å². The molecule has 0 aliphatic carbocycles. The third-order valence-electron chi connectivity index (χ3n) is 2.52. The van der Waals surface area contributed by atoms with E-state index in [4.69, 9.17) is 5.73 Å². The first-order valence-corrected chi connectivity index (χ1v) is 5.76. The summed E-state index contributed by atoms with van der Waals surface area (Å²) in [5.41, 5.74) is 4.13. The Labute approximate surface area is 106 Å². The van der Waals surface area contributed by atoms with Crippen molar-refractivity contribution in [3.05, 3.63) is 5.69 Å². The summed E-state index contributed by atoms with van der Waals surface area (Å²) >= 11 is 0. The van der Waals surface area contributed by atoms with Crippen LogP contribution in [-0.4, -0.2) is 26.7 Å². The molecule has 0 spiro atoms. The maximum absolute atomic E-state index is 12.7. The second-order valence-corrected chi connectivity index (χ2v) is 4.00. The molecule has 2 heterocycles. The lowest BCUT2D eigenvalue weighted by molar-refractivity contribution is -0.140. The molecule has 0 aliphatic rings. The Kier molecular flexibility index (Phi) is 3.45. The van der Waals surface area contributed by atoms with Crippen molar-refractivity contribution in [2.24, 2.45) is 0 Å². The van der Waals surface area contributed by atoms with Gasteiger partial charge in [0.1, 0.15) is 5.52 Å². The minimum Gasteiger partial charge on any atom is -0.368 e. The molecule has 0 saturated carbocycles. The van der Waals surface area contributed by atoms with Crippen molar-refractivity contribution in [2.45, 2.75) is 25.9 Å². The molecule has 0 fully saturated rings. The van der Waals surface area contributed by atoms with E-state index in [9.17, 15) is 13.2 Å². The summed E-state index contributed by atoms with van der Waals surface area (Å²) in [6.07, 6.45) is -2.75. The number of rotatable bonds is 4. The number of unbranched alkanes of at least 4 members (excludes halogenated alkanes) is 1. The highest BCUT2D eigenvalue weighted by atomic mass is 19.4. The van der Waals surface area contributed by atoms with Crippen molar-refractivity contribution in [1.29, 1.82) is 0 Å². The van der Waals surface area contributed by atoms with E-state index < -0.39 is 11.9 Å². The van der Waals surface area contributed by atoms with E-state index in [2.05, 4.69) is 20.4 Å². The number of nitrogen functional groups attached to an aromatic ring is 1. The van der Waals surface area contributed by atoms with Gasteiger partial charge in [-0.2, -0.15) is 23.3 Å². The summed E-state index contributed by atoms with van der Waals surface area (Å²) in [6, 6.07) is 0. The number of nitrogens with two attached hydrogens (primary N) is 1. The van der Waals surface area contributed by atoms with E-state index in [1.165, 1.54) is 0 Å². The summed E-state index contributed by atoms with van der Waals surface area (Å²) < 4.78 is 38.2. The van der Waals surface area contributed by atoms with Crippen molar-refractivity contribution in [1.82, 2.24) is 20.2 Å². The molecule has 0 aliphatic heterocycles. The van der Waals surface area contributed by atoms with Gasteiger partial charge in [-0.3, -0.25) is 5.10 Å². The molecule has 0 bridgehead atoms. The molecule has 104 valence electrons. The maximum Gasteiger partial charge on any atom is 0.434 e. The van der Waals surface area contributed by atoms with Crippen LogP contribution in [0.1, 0.15) is 25.5 Å². The SMILES string of the molecule is CCCCNc1nc(N)nc2c(C(F)(F)F)[nH]nc12. The van der Waals surface area contributed by atoms with Gasteiger partial charge in [0.05, 0.1) is 0 Å². The number of aromatic amines is 1. The molecule has 0 aromatic carbocycles. The molecule has 19 heavy (non-hydrogen) atoms. The molecular weight excluding hydrogens is 261 g/mol. The van der Waals surface area contributed by atoms with Gasteiger partial charge in [0.2, 0.25) is 5.95 Å². The number of H-pyrrole nitrogens is 1. The second kappa shape index (κ2) is 4.90. The van der Waals surface area contributed by atoms with Crippen molar-refractivity contribution < 1.29 is 13.2 Å². The van der Waals surface area contributed by atoms with Gasteiger partial charge in [-0.15, -0.1) is 0 Å². The van der Waals surface area contributed by atoms with E-state index in [-0.39, 0.29) is 22.8 Å². The van der Waals surface area contributed by atoms with Gasteiger partial charge in [-0.25, -0.2) is 4.98 Å². The highest BCUT2D eigenvalue weighted by Gasteiger charge is 2.36. The normalized spacial score (nSPS) is 12.0. The van der Waals surface area contributed by atoms with Crippen molar-refractivity contribution in [3.63, 3.8) is 0 Å². The molecule has 4 N–H and O–H groups in total. The Bertz CT molecular complexity index is 576. The number of hydrogen-bond donors (Lipinski definition) is 3. The van der Waals surface area contributed by atoms with Crippen LogP contribution in [0, 0.1) is 0 Å². The first kappa shape index (κ1) is 13.4. The fourth-order valence-corrected chi connectivity index (χ4v) is 1.62. The third kappa shape index (κ3) is 2.69. The average molecular weight is 274 g/mol. The summed E-state index contributed by atoms with van der Waals surface area (Å²) in [4.78, 5) is 7.48. The summed E-state index contributed by atoms with van der Waals surface area (Å²) in [5.74, 6) is -0.0129. The van der Waals surface area contributed by atoms with Crippen LogP contribution in [0.15, 0.2) is 0 Å². The summed E-state index contributed by atoms with van der Waals surface area (Å²) in [7, 11) is 0. The number of aromatic nitrogens is 4. The Morgan fingerprint density at radius 1 is 1.26 bits per heavy atom. The zero-order chi connectivity index (χ0) is 14.0. The second-order valence-electron chi connectivity index (χ2n) is 4.00. The molecule has 6 nitrogen and oxygen atoms in total. The third-order valence-corrected chi connectivity index (χ3v) is 2.52. The number of nitrogens with zero attached hydrogens (tertiary/aromatic N) is 3. The predicted molar refractivity (Wildman–Crippen MR) is 64.5 cm³/mol. The molecule has 0 unspecified atom stereocenters. The van der Waals surface area contributed by atoms with Crippen LogP contribution in [0.5, 0.6) is 0 Å². The molecule has 2 aromatic heterocycles. The Hall–Kier alpha value is -2.06. The molecule has 2 aromatic rings. The van der Waals surface area contributed by atoms with Crippen LogP contribution < -0.4 is 11.1 Å². The van der Waals surface area contributed by atoms with Crippen LogP contribution in [-0.2, 0) is 6.18 Å². The fraction of sp³-hybridized carbons (Fsp3) is 0.500. The minimum atomic E-state index is -4.56. The van der Waals surface area contributed by atoms with Gasteiger partial charge >= 0.3 is 6.18 Å². The Morgan fingerprint density at radius 3 is 2.63 bits per heavy atom. The van der Waals surface area contributed by atoms with Gasteiger partial charge in [-0.05, 0) is 6.42 Å². The zero-order valence-electron chi connectivity index (χ0n) is 10.2. The van der Waals surface area contributed by atoms with Crippen molar-refractivity contribution >= 4 is 22.8 Å². The van der Waals surface area contributed by atoms with Gasteiger partial charge in [0, 0.05) is 6.54 Å². The molecule has 0 radical (unpaired) electrons. The van der Waals surface area contributed by atoms with Crippen LogP contribution in [0.25, 0.3) is 11.0 Å². The Balaban J connectivity index is 2.46. The van der Waals surface area contributed by atoms with Gasteiger partial charge < -0.3 is 11.1 Å². The lowest BCUT2D eigenvalue weighted by atomic mass is 10.3. The largest absolute Gasteiger partial charge is 0.434 e. The lowest BCUT2D eigenvalue weighted by Gasteiger charge is -2.06. The summed E-state index contributed by atoms with van der Waals surface area (Å²) in [5, 5.41) is 8.47. The first-order valence-electron chi connectivity index (χ1n) is 5.76. The lowest BCUT2D eigenvalue weighted by Crippen LogP contribution is -2.09. The number of halogens is 3. The Morgan fingerprint density at radius 2 is 2.00 bits per heavy atom. The molecule has 0 saturated heterocycles. The van der Waals surface area contributed by atoms with E-state index in [1.807, 2.05) is 12.0 Å².